The highest BCUT2D eigenvalue weighted by atomic mass is 16.5. The third-order valence-corrected chi connectivity index (χ3v) is 6.28. The number of aliphatic hydroxyl groups is 1. The standard InChI is InChI=1S/C24H32O7/c1-12-9-14-10-16(26-3)21(28-5)23(30-7)18(14)19-15(20(25)13(12)2)11-17(27-4)22(29-6)24(19)31-8/h10-13,20,25H,9H2,1-8H3. The summed E-state index contributed by atoms with van der Waals surface area (Å²) in [5.74, 6) is 3.13. The summed E-state index contributed by atoms with van der Waals surface area (Å²) in [5, 5.41) is 11.4. The van der Waals surface area contributed by atoms with Gasteiger partial charge in [0.15, 0.2) is 23.0 Å². The molecular weight excluding hydrogens is 400 g/mol. The zero-order valence-corrected chi connectivity index (χ0v) is 19.5. The first-order valence-electron chi connectivity index (χ1n) is 10.2. The maximum Gasteiger partial charge on any atom is 0.203 e. The van der Waals surface area contributed by atoms with Crippen LogP contribution in [-0.4, -0.2) is 47.8 Å². The SMILES string of the molecule is COc1cc2c(c(OC)c1OC)-c1c(cc(OC)c(OC)c1OC)C(O)C(C)C(C)C2. The van der Waals surface area contributed by atoms with Crippen LogP contribution < -0.4 is 28.4 Å². The van der Waals surface area contributed by atoms with Gasteiger partial charge in [-0.25, -0.2) is 0 Å². The fraction of sp³-hybridized carbons (Fsp3) is 0.500. The topological polar surface area (TPSA) is 75.6 Å². The molecule has 7 nitrogen and oxygen atoms in total. The molecule has 0 saturated carbocycles. The lowest BCUT2D eigenvalue weighted by Gasteiger charge is -2.33. The van der Waals surface area contributed by atoms with Crippen molar-refractivity contribution in [2.75, 3.05) is 42.7 Å². The quantitative estimate of drug-likeness (QED) is 0.731. The fourth-order valence-electron chi connectivity index (χ4n) is 4.44. The van der Waals surface area contributed by atoms with Crippen LogP contribution in [-0.2, 0) is 6.42 Å². The van der Waals surface area contributed by atoms with E-state index in [1.807, 2.05) is 19.1 Å². The van der Waals surface area contributed by atoms with E-state index in [2.05, 4.69) is 6.92 Å². The van der Waals surface area contributed by atoms with Gasteiger partial charge in [-0.2, -0.15) is 0 Å². The summed E-state index contributed by atoms with van der Waals surface area (Å²) in [5.41, 5.74) is 3.16. The normalized spacial score (nSPS) is 20.0. The van der Waals surface area contributed by atoms with Crippen molar-refractivity contribution in [1.82, 2.24) is 0 Å². The lowest BCUT2D eigenvalue weighted by molar-refractivity contribution is 0.0862. The highest BCUT2D eigenvalue weighted by Crippen LogP contribution is 2.57. The second kappa shape index (κ2) is 9.14. The predicted octanol–water partition coefficient (Wildman–Crippen LogP) is 4.27. The van der Waals surface area contributed by atoms with Crippen molar-refractivity contribution in [1.29, 1.82) is 0 Å². The van der Waals surface area contributed by atoms with E-state index in [4.69, 9.17) is 28.4 Å². The molecule has 0 heterocycles. The average Bonchev–Trinajstić information content (AvgIpc) is 2.79. The monoisotopic (exact) mass is 432 g/mol. The first-order chi connectivity index (χ1) is 14.9. The molecular formula is C24H32O7. The van der Waals surface area contributed by atoms with E-state index >= 15 is 0 Å². The first kappa shape index (κ1) is 22.9. The molecule has 170 valence electrons. The molecule has 31 heavy (non-hydrogen) atoms. The third kappa shape index (κ3) is 3.61. The van der Waals surface area contributed by atoms with E-state index in [9.17, 15) is 5.11 Å². The van der Waals surface area contributed by atoms with Crippen LogP contribution in [0.5, 0.6) is 34.5 Å². The Labute approximate surface area is 183 Å². The fourth-order valence-corrected chi connectivity index (χ4v) is 4.44. The summed E-state index contributed by atoms with van der Waals surface area (Å²) in [4.78, 5) is 0. The lowest BCUT2D eigenvalue weighted by atomic mass is 9.76. The van der Waals surface area contributed by atoms with Crippen LogP contribution in [0.4, 0.5) is 0 Å². The summed E-state index contributed by atoms with van der Waals surface area (Å²) < 4.78 is 34.1. The van der Waals surface area contributed by atoms with Gasteiger partial charge in [0.05, 0.1) is 48.8 Å². The zero-order chi connectivity index (χ0) is 22.9. The minimum Gasteiger partial charge on any atom is -0.493 e. The number of benzene rings is 2. The van der Waals surface area contributed by atoms with Gasteiger partial charge in [-0.05, 0) is 41.5 Å². The molecule has 1 aliphatic rings. The first-order valence-corrected chi connectivity index (χ1v) is 10.2. The largest absolute Gasteiger partial charge is 0.493 e. The van der Waals surface area contributed by atoms with Crippen LogP contribution in [0.2, 0.25) is 0 Å². The van der Waals surface area contributed by atoms with Gasteiger partial charge < -0.3 is 33.5 Å². The molecule has 3 rings (SSSR count). The van der Waals surface area contributed by atoms with Crippen molar-refractivity contribution in [2.24, 2.45) is 11.8 Å². The minimum absolute atomic E-state index is 0.0196. The van der Waals surface area contributed by atoms with Crippen molar-refractivity contribution in [3.63, 3.8) is 0 Å². The summed E-state index contributed by atoms with van der Waals surface area (Å²) in [6, 6.07) is 3.79. The molecule has 0 amide bonds. The molecule has 0 spiro atoms. The maximum absolute atomic E-state index is 11.4. The number of aliphatic hydroxyl groups excluding tert-OH is 1. The van der Waals surface area contributed by atoms with E-state index < -0.39 is 6.10 Å². The summed E-state index contributed by atoms with van der Waals surface area (Å²) in [6.07, 6.45) is -0.0361. The van der Waals surface area contributed by atoms with Crippen LogP contribution in [0.1, 0.15) is 31.1 Å². The van der Waals surface area contributed by atoms with Crippen LogP contribution in [0, 0.1) is 11.8 Å². The van der Waals surface area contributed by atoms with Gasteiger partial charge in [0.25, 0.3) is 0 Å². The molecule has 3 unspecified atom stereocenters. The van der Waals surface area contributed by atoms with Gasteiger partial charge >= 0.3 is 0 Å². The van der Waals surface area contributed by atoms with Crippen molar-refractivity contribution in [2.45, 2.75) is 26.4 Å². The summed E-state index contributed by atoms with van der Waals surface area (Å²) >= 11 is 0. The second-order valence-corrected chi connectivity index (χ2v) is 7.77. The Balaban J connectivity index is 2.56. The van der Waals surface area contributed by atoms with Crippen LogP contribution in [0.15, 0.2) is 12.1 Å². The Morgan fingerprint density at radius 1 is 0.677 bits per heavy atom. The van der Waals surface area contributed by atoms with E-state index in [0.717, 1.165) is 11.1 Å². The van der Waals surface area contributed by atoms with Gasteiger partial charge in [0.2, 0.25) is 11.5 Å². The zero-order valence-electron chi connectivity index (χ0n) is 19.5. The average molecular weight is 433 g/mol. The van der Waals surface area contributed by atoms with E-state index in [1.165, 1.54) is 0 Å². The number of hydrogen-bond acceptors (Lipinski definition) is 7. The molecule has 7 heteroatoms. The van der Waals surface area contributed by atoms with Crippen LogP contribution >= 0.6 is 0 Å². The molecule has 1 aliphatic carbocycles. The Morgan fingerprint density at radius 2 is 1.16 bits per heavy atom. The molecule has 0 radical (unpaired) electrons. The highest BCUT2D eigenvalue weighted by Gasteiger charge is 2.36. The van der Waals surface area contributed by atoms with Crippen molar-refractivity contribution >= 4 is 0 Å². The van der Waals surface area contributed by atoms with Crippen molar-refractivity contribution in [3.8, 4) is 45.6 Å². The Hall–Kier alpha value is -2.80. The second-order valence-electron chi connectivity index (χ2n) is 7.77. The van der Waals surface area contributed by atoms with E-state index in [-0.39, 0.29) is 11.8 Å². The Morgan fingerprint density at radius 3 is 1.65 bits per heavy atom. The number of rotatable bonds is 6. The van der Waals surface area contributed by atoms with Gasteiger partial charge in [-0.3, -0.25) is 0 Å². The van der Waals surface area contributed by atoms with E-state index in [0.29, 0.717) is 52.0 Å². The molecule has 2 aromatic rings. The van der Waals surface area contributed by atoms with Gasteiger partial charge in [0.1, 0.15) is 0 Å². The number of ether oxygens (including phenoxy) is 6. The van der Waals surface area contributed by atoms with Crippen LogP contribution in [0.25, 0.3) is 11.1 Å². The molecule has 3 atom stereocenters. The Bertz CT molecular complexity index is 954. The number of methoxy groups -OCH3 is 6. The molecule has 0 aromatic heterocycles. The van der Waals surface area contributed by atoms with Gasteiger partial charge in [0, 0.05) is 11.1 Å². The summed E-state index contributed by atoms with van der Waals surface area (Å²) in [6.45, 7) is 4.18. The predicted molar refractivity (Wildman–Crippen MR) is 118 cm³/mol. The summed E-state index contributed by atoms with van der Waals surface area (Å²) in [7, 11) is 9.46. The lowest BCUT2D eigenvalue weighted by Crippen LogP contribution is -2.23. The highest BCUT2D eigenvalue weighted by molar-refractivity contribution is 5.88. The smallest absolute Gasteiger partial charge is 0.203 e. The van der Waals surface area contributed by atoms with Crippen LogP contribution in [0.3, 0.4) is 0 Å². The molecule has 2 aromatic carbocycles. The van der Waals surface area contributed by atoms with Gasteiger partial charge in [-0.15, -0.1) is 0 Å². The van der Waals surface area contributed by atoms with E-state index in [1.54, 1.807) is 42.7 Å². The minimum atomic E-state index is -0.746. The molecule has 1 N–H and O–H groups in total. The van der Waals surface area contributed by atoms with Gasteiger partial charge in [-0.1, -0.05) is 13.8 Å². The molecule has 0 aliphatic heterocycles. The molecule has 0 bridgehead atoms. The molecule has 0 saturated heterocycles. The van der Waals surface area contributed by atoms with Crippen molar-refractivity contribution < 1.29 is 33.5 Å². The third-order valence-electron chi connectivity index (χ3n) is 6.28. The van der Waals surface area contributed by atoms with Crippen molar-refractivity contribution in [3.05, 3.63) is 23.3 Å². The number of hydrogen-bond donors (Lipinski definition) is 1. The maximum atomic E-state index is 11.4. The number of fused-ring (bicyclic) bond motifs is 3. The molecule has 0 fully saturated rings. The Kier molecular flexibility index (Phi) is 6.74.